The fourth-order valence-electron chi connectivity index (χ4n) is 2.20. The van der Waals surface area contributed by atoms with E-state index in [1.165, 1.54) is 0 Å². The summed E-state index contributed by atoms with van der Waals surface area (Å²) in [4.78, 5) is 0. The number of hydrogen-bond acceptors (Lipinski definition) is 6. The molecule has 7 nitrogen and oxygen atoms in total. The van der Waals surface area contributed by atoms with E-state index in [1.807, 2.05) is 19.1 Å². The molecule has 0 saturated heterocycles. The first-order valence-corrected chi connectivity index (χ1v) is 7.25. The largest absolute Gasteiger partial charge is 0.493 e. The molecule has 2 aromatic rings. The molecule has 0 amide bonds. The topological polar surface area (TPSA) is 73.3 Å². The molecule has 2 N–H and O–H groups in total. The van der Waals surface area contributed by atoms with Crippen LogP contribution in [0.4, 0.5) is 0 Å². The number of H-pyrrole nitrogens is 1. The minimum atomic E-state index is 0.504. The molecule has 0 bridgehead atoms. The highest BCUT2D eigenvalue weighted by Crippen LogP contribution is 2.39. The maximum absolute atomic E-state index is 5.46. The predicted molar refractivity (Wildman–Crippen MR) is 86.0 cm³/mol. The SMILES string of the molecule is CCc1n[nH]c(=S)n1NCc1ccc(OC)c(OC)c1OC. The highest BCUT2D eigenvalue weighted by atomic mass is 32.1. The van der Waals surface area contributed by atoms with Gasteiger partial charge in [0.25, 0.3) is 0 Å². The van der Waals surface area contributed by atoms with Gasteiger partial charge in [-0.1, -0.05) is 6.92 Å². The normalized spacial score (nSPS) is 10.4. The van der Waals surface area contributed by atoms with Crippen molar-refractivity contribution in [2.24, 2.45) is 0 Å². The van der Waals surface area contributed by atoms with Crippen molar-refractivity contribution in [3.63, 3.8) is 0 Å². The number of benzene rings is 1. The van der Waals surface area contributed by atoms with Gasteiger partial charge in [0.2, 0.25) is 10.5 Å². The van der Waals surface area contributed by atoms with Crippen LogP contribution in [-0.2, 0) is 13.0 Å². The van der Waals surface area contributed by atoms with Gasteiger partial charge in [-0.25, -0.2) is 4.68 Å². The van der Waals surface area contributed by atoms with Gasteiger partial charge < -0.3 is 19.6 Å². The standard InChI is InChI=1S/C14H20N4O3S/c1-5-11-16-17-14(22)18(11)15-8-9-6-7-10(19-2)13(21-4)12(9)20-3/h6-7,15H,5,8H2,1-4H3,(H,17,22). The Morgan fingerprint density at radius 2 is 1.91 bits per heavy atom. The summed E-state index contributed by atoms with van der Waals surface area (Å²) in [7, 11) is 4.77. The van der Waals surface area contributed by atoms with Gasteiger partial charge in [0.1, 0.15) is 0 Å². The van der Waals surface area contributed by atoms with Gasteiger partial charge in [0, 0.05) is 12.0 Å². The number of aromatic amines is 1. The van der Waals surface area contributed by atoms with Gasteiger partial charge in [-0.3, -0.25) is 5.10 Å². The summed E-state index contributed by atoms with van der Waals surface area (Å²) < 4.78 is 18.4. The molecule has 8 heteroatoms. The third-order valence-electron chi connectivity index (χ3n) is 3.27. The molecule has 2 rings (SSSR count). The zero-order valence-corrected chi connectivity index (χ0v) is 13.9. The van der Waals surface area contributed by atoms with Crippen molar-refractivity contribution in [1.82, 2.24) is 14.9 Å². The van der Waals surface area contributed by atoms with Crippen molar-refractivity contribution >= 4 is 12.2 Å². The second-order valence-corrected chi connectivity index (χ2v) is 4.85. The van der Waals surface area contributed by atoms with Crippen LogP contribution in [0.2, 0.25) is 0 Å². The maximum Gasteiger partial charge on any atom is 0.214 e. The molecule has 1 aromatic carbocycles. The summed E-state index contributed by atoms with van der Waals surface area (Å²) in [6.45, 7) is 2.52. The Hall–Kier alpha value is -2.22. The third kappa shape index (κ3) is 3.01. The lowest BCUT2D eigenvalue weighted by Crippen LogP contribution is -2.17. The number of rotatable bonds is 7. The number of hydrogen-bond donors (Lipinski definition) is 2. The van der Waals surface area contributed by atoms with Crippen LogP contribution in [0.1, 0.15) is 18.3 Å². The molecule has 1 heterocycles. The van der Waals surface area contributed by atoms with Crippen LogP contribution in [-0.4, -0.2) is 36.2 Å². The van der Waals surface area contributed by atoms with E-state index < -0.39 is 0 Å². The zero-order chi connectivity index (χ0) is 16.1. The molecule has 0 fully saturated rings. The average molecular weight is 324 g/mol. The van der Waals surface area contributed by atoms with E-state index in [-0.39, 0.29) is 0 Å². The lowest BCUT2D eigenvalue weighted by Gasteiger charge is -2.17. The van der Waals surface area contributed by atoms with E-state index in [0.717, 1.165) is 17.8 Å². The first-order valence-electron chi connectivity index (χ1n) is 6.84. The molecular weight excluding hydrogens is 304 g/mol. The van der Waals surface area contributed by atoms with Crippen LogP contribution in [0.5, 0.6) is 17.2 Å². The van der Waals surface area contributed by atoms with Gasteiger partial charge in [-0.05, 0) is 24.4 Å². The number of nitrogens with one attached hydrogen (secondary N) is 2. The number of aryl methyl sites for hydroxylation is 1. The fourth-order valence-corrected chi connectivity index (χ4v) is 2.41. The molecule has 0 saturated carbocycles. The lowest BCUT2D eigenvalue weighted by molar-refractivity contribution is 0.322. The van der Waals surface area contributed by atoms with Crippen molar-refractivity contribution in [1.29, 1.82) is 0 Å². The van der Waals surface area contributed by atoms with E-state index in [1.54, 1.807) is 26.0 Å². The molecule has 0 atom stereocenters. The number of nitrogens with zero attached hydrogens (tertiary/aromatic N) is 2. The first-order chi connectivity index (χ1) is 10.7. The van der Waals surface area contributed by atoms with Crippen molar-refractivity contribution < 1.29 is 14.2 Å². The summed E-state index contributed by atoms with van der Waals surface area (Å²) in [5.41, 5.74) is 4.16. The molecule has 0 radical (unpaired) electrons. The summed E-state index contributed by atoms with van der Waals surface area (Å²) in [6.07, 6.45) is 0.767. The second-order valence-electron chi connectivity index (χ2n) is 4.46. The Labute approximate surface area is 134 Å². The van der Waals surface area contributed by atoms with Crippen molar-refractivity contribution in [3.8, 4) is 17.2 Å². The molecule has 0 aliphatic carbocycles. The van der Waals surface area contributed by atoms with Crippen LogP contribution >= 0.6 is 12.2 Å². The monoisotopic (exact) mass is 324 g/mol. The third-order valence-corrected chi connectivity index (χ3v) is 3.55. The van der Waals surface area contributed by atoms with Crippen molar-refractivity contribution in [2.45, 2.75) is 19.9 Å². The molecule has 0 spiro atoms. The van der Waals surface area contributed by atoms with E-state index in [0.29, 0.717) is 28.6 Å². The highest BCUT2D eigenvalue weighted by Gasteiger charge is 2.16. The Morgan fingerprint density at radius 1 is 1.18 bits per heavy atom. The molecule has 0 aliphatic heterocycles. The van der Waals surface area contributed by atoms with Crippen molar-refractivity contribution in [3.05, 3.63) is 28.3 Å². The predicted octanol–water partition coefficient (Wildman–Crippen LogP) is 2.27. The molecule has 0 unspecified atom stereocenters. The summed E-state index contributed by atoms with van der Waals surface area (Å²) in [5, 5.41) is 6.93. The Bertz CT molecular complexity index is 696. The first kappa shape index (κ1) is 16.2. The summed E-state index contributed by atoms with van der Waals surface area (Å²) in [5.74, 6) is 2.65. The Balaban J connectivity index is 2.30. The minimum absolute atomic E-state index is 0.504. The van der Waals surface area contributed by atoms with Crippen molar-refractivity contribution in [2.75, 3.05) is 26.8 Å². The van der Waals surface area contributed by atoms with Crippen LogP contribution in [0, 0.1) is 4.77 Å². The van der Waals surface area contributed by atoms with Crippen LogP contribution in [0.15, 0.2) is 12.1 Å². The summed E-state index contributed by atoms with van der Waals surface area (Å²) >= 11 is 5.21. The van der Waals surface area contributed by atoms with Crippen LogP contribution in [0.3, 0.4) is 0 Å². The average Bonchev–Trinajstić information content (AvgIpc) is 2.91. The van der Waals surface area contributed by atoms with E-state index in [2.05, 4.69) is 15.6 Å². The lowest BCUT2D eigenvalue weighted by atomic mass is 10.1. The van der Waals surface area contributed by atoms with Gasteiger partial charge in [-0.15, -0.1) is 0 Å². The van der Waals surface area contributed by atoms with Crippen LogP contribution < -0.4 is 19.6 Å². The van der Waals surface area contributed by atoms with Gasteiger partial charge in [0.15, 0.2) is 17.3 Å². The minimum Gasteiger partial charge on any atom is -0.493 e. The van der Waals surface area contributed by atoms with Gasteiger partial charge in [-0.2, -0.15) is 5.10 Å². The molecular formula is C14H20N4O3S. The van der Waals surface area contributed by atoms with E-state index in [4.69, 9.17) is 26.4 Å². The second kappa shape index (κ2) is 7.17. The van der Waals surface area contributed by atoms with E-state index >= 15 is 0 Å². The van der Waals surface area contributed by atoms with Gasteiger partial charge >= 0.3 is 0 Å². The molecule has 120 valence electrons. The Kier molecular flexibility index (Phi) is 5.26. The molecule has 0 aliphatic rings. The number of aromatic nitrogens is 3. The maximum atomic E-state index is 5.46. The van der Waals surface area contributed by atoms with Gasteiger partial charge in [0.05, 0.1) is 27.9 Å². The summed E-state index contributed by atoms with van der Waals surface area (Å²) in [6, 6.07) is 3.76. The number of ether oxygens (including phenoxy) is 3. The van der Waals surface area contributed by atoms with E-state index in [9.17, 15) is 0 Å². The Morgan fingerprint density at radius 3 is 2.50 bits per heavy atom. The number of methoxy groups -OCH3 is 3. The zero-order valence-electron chi connectivity index (χ0n) is 13.1. The fraction of sp³-hybridized carbons (Fsp3) is 0.429. The quantitative estimate of drug-likeness (QED) is 0.761. The van der Waals surface area contributed by atoms with Crippen LogP contribution in [0.25, 0.3) is 0 Å². The smallest absolute Gasteiger partial charge is 0.214 e. The highest BCUT2D eigenvalue weighted by molar-refractivity contribution is 7.71. The molecule has 22 heavy (non-hydrogen) atoms. The molecule has 1 aromatic heterocycles.